The molecule has 1 rings (SSSR count). The molecule has 0 saturated carbocycles. The Balaban J connectivity index is 2.60. The van der Waals surface area contributed by atoms with E-state index in [1.54, 1.807) is 31.0 Å². The number of amides is 1. The maximum atomic E-state index is 11.3. The number of rotatable bonds is 6. The molecule has 4 nitrogen and oxygen atoms in total. The van der Waals surface area contributed by atoms with Gasteiger partial charge in [-0.25, -0.2) is 5.84 Å². The Morgan fingerprint density at radius 2 is 2.35 bits per heavy atom. The SMILES string of the molecule is COCCSCc1ccc(C(=O)NN)cc1Br. The number of hydrazine groups is 1. The van der Waals surface area contributed by atoms with Crippen molar-refractivity contribution in [2.75, 3.05) is 19.5 Å². The minimum atomic E-state index is -0.288. The molecule has 0 bridgehead atoms. The zero-order chi connectivity index (χ0) is 12.7. The van der Waals surface area contributed by atoms with Crippen molar-refractivity contribution in [2.24, 2.45) is 5.84 Å². The third kappa shape index (κ3) is 4.67. The predicted octanol–water partition coefficient (Wildman–Crippen LogP) is 1.93. The van der Waals surface area contributed by atoms with Gasteiger partial charge >= 0.3 is 0 Å². The molecule has 94 valence electrons. The molecule has 1 amide bonds. The van der Waals surface area contributed by atoms with Crippen LogP contribution < -0.4 is 11.3 Å². The number of nitrogen functional groups attached to an aromatic ring is 1. The molecule has 6 heteroatoms. The van der Waals surface area contributed by atoms with Crippen LogP contribution in [0.15, 0.2) is 22.7 Å². The number of methoxy groups -OCH3 is 1. The van der Waals surface area contributed by atoms with Crippen molar-refractivity contribution in [1.82, 2.24) is 5.43 Å². The number of hydrogen-bond acceptors (Lipinski definition) is 4. The second-order valence-corrected chi connectivity index (χ2v) is 5.28. The van der Waals surface area contributed by atoms with Gasteiger partial charge in [-0.1, -0.05) is 22.0 Å². The number of carbonyl (C=O) groups is 1. The number of benzene rings is 1. The summed E-state index contributed by atoms with van der Waals surface area (Å²) in [5.41, 5.74) is 3.81. The molecule has 0 radical (unpaired) electrons. The van der Waals surface area contributed by atoms with E-state index in [-0.39, 0.29) is 5.91 Å². The maximum Gasteiger partial charge on any atom is 0.265 e. The third-order valence-corrected chi connectivity index (χ3v) is 3.84. The van der Waals surface area contributed by atoms with Crippen LogP contribution in [0.1, 0.15) is 15.9 Å². The van der Waals surface area contributed by atoms with Gasteiger partial charge in [-0.3, -0.25) is 10.2 Å². The van der Waals surface area contributed by atoms with E-state index in [2.05, 4.69) is 21.4 Å². The van der Waals surface area contributed by atoms with Crippen molar-refractivity contribution in [3.05, 3.63) is 33.8 Å². The average molecular weight is 319 g/mol. The molecule has 0 fully saturated rings. The lowest BCUT2D eigenvalue weighted by Crippen LogP contribution is -2.29. The molecule has 3 N–H and O–H groups in total. The zero-order valence-electron chi connectivity index (χ0n) is 9.53. The minimum absolute atomic E-state index is 0.288. The van der Waals surface area contributed by atoms with Gasteiger partial charge in [0.25, 0.3) is 5.91 Å². The van der Waals surface area contributed by atoms with Crippen LogP contribution >= 0.6 is 27.7 Å². The number of halogens is 1. The fourth-order valence-electron chi connectivity index (χ4n) is 1.21. The number of carbonyl (C=O) groups excluding carboxylic acids is 1. The molecule has 0 spiro atoms. The minimum Gasteiger partial charge on any atom is -0.384 e. The molecular formula is C11H15BrN2O2S. The van der Waals surface area contributed by atoms with Crippen molar-refractivity contribution < 1.29 is 9.53 Å². The van der Waals surface area contributed by atoms with Crippen molar-refractivity contribution in [2.45, 2.75) is 5.75 Å². The quantitative estimate of drug-likeness (QED) is 0.364. The lowest BCUT2D eigenvalue weighted by atomic mass is 10.1. The highest BCUT2D eigenvalue weighted by atomic mass is 79.9. The molecule has 0 aliphatic carbocycles. The van der Waals surface area contributed by atoms with Gasteiger partial charge in [0.05, 0.1) is 6.61 Å². The Morgan fingerprint density at radius 1 is 1.59 bits per heavy atom. The first-order valence-electron chi connectivity index (χ1n) is 5.05. The van der Waals surface area contributed by atoms with Crippen LogP contribution in [0.2, 0.25) is 0 Å². The lowest BCUT2D eigenvalue weighted by Gasteiger charge is -2.06. The highest BCUT2D eigenvalue weighted by Gasteiger charge is 2.07. The summed E-state index contributed by atoms with van der Waals surface area (Å²) in [6.07, 6.45) is 0. The monoisotopic (exact) mass is 318 g/mol. The summed E-state index contributed by atoms with van der Waals surface area (Å²) in [6, 6.07) is 5.46. The molecule has 0 aliphatic heterocycles. The van der Waals surface area contributed by atoms with Crippen molar-refractivity contribution in [3.8, 4) is 0 Å². The first kappa shape index (κ1) is 14.5. The van der Waals surface area contributed by atoms with Gasteiger partial charge in [0, 0.05) is 28.7 Å². The Kier molecular flexibility index (Phi) is 6.57. The number of nitrogens with two attached hydrogens (primary N) is 1. The first-order chi connectivity index (χ1) is 8.19. The van der Waals surface area contributed by atoms with E-state index >= 15 is 0 Å². The van der Waals surface area contributed by atoms with E-state index < -0.39 is 0 Å². The predicted molar refractivity (Wildman–Crippen MR) is 73.8 cm³/mol. The van der Waals surface area contributed by atoms with Crippen molar-refractivity contribution in [1.29, 1.82) is 0 Å². The number of nitrogens with one attached hydrogen (secondary N) is 1. The van der Waals surface area contributed by atoms with Crippen LogP contribution in [0.3, 0.4) is 0 Å². The standard InChI is InChI=1S/C11H15BrN2O2S/c1-16-4-5-17-7-9-3-2-8(6-10(9)12)11(15)14-13/h2-3,6H,4-5,7,13H2,1H3,(H,14,15). The molecular weight excluding hydrogens is 304 g/mol. The summed E-state index contributed by atoms with van der Waals surface area (Å²) in [6.45, 7) is 0.746. The van der Waals surface area contributed by atoms with Gasteiger partial charge in [-0.2, -0.15) is 11.8 Å². The molecule has 0 saturated heterocycles. The highest BCUT2D eigenvalue weighted by Crippen LogP contribution is 2.23. The molecule has 0 aromatic heterocycles. The van der Waals surface area contributed by atoms with E-state index in [0.717, 1.165) is 28.1 Å². The summed E-state index contributed by atoms with van der Waals surface area (Å²) in [5.74, 6) is 6.62. The Bertz CT molecular complexity index is 388. The first-order valence-corrected chi connectivity index (χ1v) is 7.00. The average Bonchev–Trinajstić information content (AvgIpc) is 2.35. The third-order valence-electron chi connectivity index (χ3n) is 2.14. The fourth-order valence-corrected chi connectivity index (χ4v) is 2.82. The molecule has 1 aromatic carbocycles. The fraction of sp³-hybridized carbons (Fsp3) is 0.364. The van der Waals surface area contributed by atoms with Crippen LogP contribution in [-0.4, -0.2) is 25.4 Å². The van der Waals surface area contributed by atoms with Crippen LogP contribution in [0, 0.1) is 0 Å². The summed E-state index contributed by atoms with van der Waals surface area (Å²) in [7, 11) is 1.69. The Hall–Kier alpha value is -0.560. The molecule has 17 heavy (non-hydrogen) atoms. The van der Waals surface area contributed by atoms with Crippen molar-refractivity contribution >= 4 is 33.6 Å². The number of ether oxygens (including phenoxy) is 1. The van der Waals surface area contributed by atoms with Gasteiger partial charge in [0.15, 0.2) is 0 Å². The Morgan fingerprint density at radius 3 is 2.94 bits per heavy atom. The zero-order valence-corrected chi connectivity index (χ0v) is 11.9. The van der Waals surface area contributed by atoms with E-state index in [4.69, 9.17) is 10.6 Å². The van der Waals surface area contributed by atoms with Crippen LogP contribution in [0.25, 0.3) is 0 Å². The number of thioether (sulfide) groups is 1. The normalized spacial score (nSPS) is 10.3. The number of hydrogen-bond donors (Lipinski definition) is 2. The molecule has 0 atom stereocenters. The second kappa shape index (κ2) is 7.71. The van der Waals surface area contributed by atoms with E-state index in [0.29, 0.717) is 5.56 Å². The van der Waals surface area contributed by atoms with Crippen LogP contribution in [0.4, 0.5) is 0 Å². The molecule has 0 heterocycles. The summed E-state index contributed by atoms with van der Waals surface area (Å²) in [5, 5.41) is 0. The summed E-state index contributed by atoms with van der Waals surface area (Å²) < 4.78 is 5.90. The topological polar surface area (TPSA) is 64.3 Å². The van der Waals surface area contributed by atoms with Gasteiger partial charge in [-0.05, 0) is 17.7 Å². The van der Waals surface area contributed by atoms with Crippen molar-refractivity contribution in [3.63, 3.8) is 0 Å². The maximum absolute atomic E-state index is 11.3. The Labute approximate surface area is 113 Å². The summed E-state index contributed by atoms with van der Waals surface area (Å²) >= 11 is 5.23. The largest absolute Gasteiger partial charge is 0.384 e. The molecule has 0 unspecified atom stereocenters. The van der Waals surface area contributed by atoms with Crippen LogP contribution in [-0.2, 0) is 10.5 Å². The second-order valence-electron chi connectivity index (χ2n) is 3.33. The van der Waals surface area contributed by atoms with Gasteiger partial charge in [0.1, 0.15) is 0 Å². The van der Waals surface area contributed by atoms with Gasteiger partial charge in [-0.15, -0.1) is 0 Å². The van der Waals surface area contributed by atoms with E-state index in [9.17, 15) is 4.79 Å². The van der Waals surface area contributed by atoms with Crippen LogP contribution in [0.5, 0.6) is 0 Å². The molecule has 0 aliphatic rings. The van der Waals surface area contributed by atoms with E-state index in [1.807, 2.05) is 6.07 Å². The smallest absolute Gasteiger partial charge is 0.265 e. The highest BCUT2D eigenvalue weighted by molar-refractivity contribution is 9.10. The molecule has 1 aromatic rings. The lowest BCUT2D eigenvalue weighted by molar-refractivity contribution is 0.0953. The van der Waals surface area contributed by atoms with Gasteiger partial charge < -0.3 is 4.74 Å². The van der Waals surface area contributed by atoms with Gasteiger partial charge in [0.2, 0.25) is 0 Å². The summed E-state index contributed by atoms with van der Waals surface area (Å²) in [4.78, 5) is 11.3. The van der Waals surface area contributed by atoms with E-state index in [1.165, 1.54) is 0 Å².